The molecule has 0 unspecified atom stereocenters. The fourth-order valence-corrected chi connectivity index (χ4v) is 1.20. The Bertz CT molecular complexity index is 238. The lowest BCUT2D eigenvalue weighted by molar-refractivity contribution is 0.298. The molecule has 0 aliphatic carbocycles. The molecule has 1 aromatic heterocycles. The van der Waals surface area contributed by atoms with Crippen molar-refractivity contribution in [2.75, 3.05) is 18.1 Å². The van der Waals surface area contributed by atoms with Gasteiger partial charge in [-0.25, -0.2) is 9.97 Å². The Morgan fingerprint density at radius 3 is 2.77 bits per heavy atom. The number of rotatable bonds is 4. The van der Waals surface area contributed by atoms with E-state index < -0.39 is 0 Å². The van der Waals surface area contributed by atoms with Crippen LogP contribution in [0.4, 0.5) is 5.82 Å². The van der Waals surface area contributed by atoms with E-state index in [2.05, 4.69) is 23.8 Å². The third-order valence-corrected chi connectivity index (χ3v) is 1.82. The van der Waals surface area contributed by atoms with Gasteiger partial charge in [-0.2, -0.15) is 0 Å². The van der Waals surface area contributed by atoms with Crippen molar-refractivity contribution in [3.63, 3.8) is 0 Å². The van der Waals surface area contributed by atoms with Crippen molar-refractivity contribution in [2.24, 2.45) is 0 Å². The van der Waals surface area contributed by atoms with E-state index in [0.29, 0.717) is 12.6 Å². The topological polar surface area (TPSA) is 49.2 Å². The predicted molar refractivity (Wildman–Crippen MR) is 51.6 cm³/mol. The molecule has 72 valence electrons. The van der Waals surface area contributed by atoms with E-state index in [1.54, 1.807) is 6.20 Å². The summed E-state index contributed by atoms with van der Waals surface area (Å²) >= 11 is 0. The molecule has 4 heteroatoms. The maximum Gasteiger partial charge on any atom is 0.132 e. The van der Waals surface area contributed by atoms with Gasteiger partial charge in [0.25, 0.3) is 0 Å². The number of nitrogens with zero attached hydrogens (tertiary/aromatic N) is 3. The molecule has 0 radical (unpaired) electrons. The van der Waals surface area contributed by atoms with Gasteiger partial charge in [0.05, 0.1) is 6.61 Å². The summed E-state index contributed by atoms with van der Waals surface area (Å²) in [6.45, 7) is 4.88. The minimum absolute atomic E-state index is 0.141. The molecule has 1 rings (SSSR count). The molecule has 1 heterocycles. The average Bonchev–Trinajstić information content (AvgIpc) is 2.15. The summed E-state index contributed by atoms with van der Waals surface area (Å²) in [6, 6.07) is 2.18. The van der Waals surface area contributed by atoms with Crippen LogP contribution in [0.25, 0.3) is 0 Å². The summed E-state index contributed by atoms with van der Waals surface area (Å²) in [5, 5.41) is 8.86. The highest BCUT2D eigenvalue weighted by Gasteiger charge is 2.09. The second kappa shape index (κ2) is 4.77. The first-order valence-electron chi connectivity index (χ1n) is 4.39. The molecule has 13 heavy (non-hydrogen) atoms. The zero-order valence-electron chi connectivity index (χ0n) is 8.01. The van der Waals surface area contributed by atoms with Crippen LogP contribution in [0.2, 0.25) is 0 Å². The van der Waals surface area contributed by atoms with E-state index in [9.17, 15) is 0 Å². The minimum Gasteiger partial charge on any atom is -0.395 e. The predicted octanol–water partition coefficient (Wildman–Crippen LogP) is 0.684. The number of aliphatic hydroxyl groups excluding tert-OH is 1. The van der Waals surface area contributed by atoms with Crippen molar-refractivity contribution in [1.82, 2.24) is 9.97 Å². The normalized spacial score (nSPS) is 10.5. The van der Waals surface area contributed by atoms with Crippen LogP contribution in [-0.4, -0.2) is 34.3 Å². The first-order valence-corrected chi connectivity index (χ1v) is 4.39. The van der Waals surface area contributed by atoms with Crippen LogP contribution in [0.3, 0.4) is 0 Å². The van der Waals surface area contributed by atoms with Crippen molar-refractivity contribution in [3.05, 3.63) is 18.6 Å². The standard InChI is InChI=1S/C9H15N3O/c1-8(2)12(5-6-13)9-3-4-10-7-11-9/h3-4,7-8,13H,5-6H2,1-2H3. The van der Waals surface area contributed by atoms with Gasteiger partial charge in [-0.3, -0.25) is 0 Å². The molecule has 0 bridgehead atoms. The molecule has 0 aliphatic heterocycles. The van der Waals surface area contributed by atoms with Crippen molar-refractivity contribution < 1.29 is 5.11 Å². The summed E-state index contributed by atoms with van der Waals surface area (Å²) in [6.07, 6.45) is 3.22. The lowest BCUT2D eigenvalue weighted by Crippen LogP contribution is -2.34. The fraction of sp³-hybridized carbons (Fsp3) is 0.556. The lowest BCUT2D eigenvalue weighted by Gasteiger charge is -2.26. The number of aliphatic hydroxyl groups is 1. The maximum atomic E-state index is 8.86. The summed E-state index contributed by atoms with van der Waals surface area (Å²) in [7, 11) is 0. The zero-order chi connectivity index (χ0) is 9.68. The van der Waals surface area contributed by atoms with E-state index in [1.807, 2.05) is 11.0 Å². The largest absolute Gasteiger partial charge is 0.395 e. The van der Waals surface area contributed by atoms with Gasteiger partial charge in [-0.05, 0) is 19.9 Å². The fourth-order valence-electron chi connectivity index (χ4n) is 1.20. The van der Waals surface area contributed by atoms with E-state index in [0.717, 1.165) is 5.82 Å². The van der Waals surface area contributed by atoms with Gasteiger partial charge >= 0.3 is 0 Å². The Labute approximate surface area is 78.2 Å². The van der Waals surface area contributed by atoms with Crippen LogP contribution in [0.5, 0.6) is 0 Å². The highest BCUT2D eigenvalue weighted by Crippen LogP contribution is 2.10. The highest BCUT2D eigenvalue weighted by atomic mass is 16.3. The van der Waals surface area contributed by atoms with Gasteiger partial charge in [0.1, 0.15) is 12.1 Å². The Balaban J connectivity index is 2.76. The summed E-state index contributed by atoms with van der Waals surface area (Å²) in [5.74, 6) is 0.860. The van der Waals surface area contributed by atoms with Crippen molar-refractivity contribution in [2.45, 2.75) is 19.9 Å². The molecule has 4 nitrogen and oxygen atoms in total. The Hall–Kier alpha value is -1.16. The molecule has 0 aliphatic rings. The Morgan fingerprint density at radius 2 is 2.31 bits per heavy atom. The molecular weight excluding hydrogens is 166 g/mol. The number of anilines is 1. The number of aromatic nitrogens is 2. The molecule has 0 spiro atoms. The summed E-state index contributed by atoms with van der Waals surface area (Å²) in [5.41, 5.74) is 0. The summed E-state index contributed by atoms with van der Waals surface area (Å²) < 4.78 is 0. The number of hydrogen-bond donors (Lipinski definition) is 1. The molecule has 1 aromatic rings. The average molecular weight is 181 g/mol. The zero-order valence-corrected chi connectivity index (χ0v) is 8.01. The second-order valence-electron chi connectivity index (χ2n) is 3.08. The van der Waals surface area contributed by atoms with Crippen LogP contribution < -0.4 is 4.90 Å². The molecule has 0 saturated carbocycles. The van der Waals surface area contributed by atoms with Crippen LogP contribution >= 0.6 is 0 Å². The maximum absolute atomic E-state index is 8.86. The minimum atomic E-state index is 0.141. The van der Waals surface area contributed by atoms with E-state index >= 15 is 0 Å². The van der Waals surface area contributed by atoms with Crippen LogP contribution in [0, 0.1) is 0 Å². The van der Waals surface area contributed by atoms with Crippen molar-refractivity contribution >= 4 is 5.82 Å². The molecular formula is C9H15N3O. The third kappa shape index (κ3) is 2.66. The van der Waals surface area contributed by atoms with E-state index in [1.165, 1.54) is 6.33 Å². The van der Waals surface area contributed by atoms with Gasteiger partial charge in [-0.1, -0.05) is 0 Å². The first kappa shape index (κ1) is 9.92. The van der Waals surface area contributed by atoms with Crippen molar-refractivity contribution in [1.29, 1.82) is 0 Å². The number of hydrogen-bond acceptors (Lipinski definition) is 4. The molecule has 0 aromatic carbocycles. The third-order valence-electron chi connectivity index (χ3n) is 1.82. The van der Waals surface area contributed by atoms with Crippen LogP contribution in [0.15, 0.2) is 18.6 Å². The molecule has 0 atom stereocenters. The monoisotopic (exact) mass is 181 g/mol. The molecule has 0 saturated heterocycles. The highest BCUT2D eigenvalue weighted by molar-refractivity contribution is 5.37. The second-order valence-corrected chi connectivity index (χ2v) is 3.08. The van der Waals surface area contributed by atoms with E-state index in [-0.39, 0.29) is 6.61 Å². The quantitative estimate of drug-likeness (QED) is 0.742. The van der Waals surface area contributed by atoms with E-state index in [4.69, 9.17) is 5.11 Å². The van der Waals surface area contributed by atoms with Gasteiger partial charge < -0.3 is 10.0 Å². The lowest BCUT2D eigenvalue weighted by atomic mass is 10.3. The molecule has 1 N–H and O–H groups in total. The van der Waals surface area contributed by atoms with Gasteiger partial charge in [0, 0.05) is 18.8 Å². The molecule has 0 fully saturated rings. The summed E-state index contributed by atoms with van der Waals surface area (Å²) in [4.78, 5) is 10.00. The van der Waals surface area contributed by atoms with Gasteiger partial charge in [0.15, 0.2) is 0 Å². The van der Waals surface area contributed by atoms with Crippen LogP contribution in [-0.2, 0) is 0 Å². The van der Waals surface area contributed by atoms with Gasteiger partial charge in [-0.15, -0.1) is 0 Å². The van der Waals surface area contributed by atoms with Crippen molar-refractivity contribution in [3.8, 4) is 0 Å². The first-order chi connectivity index (χ1) is 6.25. The SMILES string of the molecule is CC(C)N(CCO)c1ccncn1. The Kier molecular flexibility index (Phi) is 3.64. The Morgan fingerprint density at radius 1 is 1.54 bits per heavy atom. The smallest absolute Gasteiger partial charge is 0.132 e. The molecule has 0 amide bonds. The van der Waals surface area contributed by atoms with Crippen LogP contribution in [0.1, 0.15) is 13.8 Å². The van der Waals surface area contributed by atoms with Gasteiger partial charge in [0.2, 0.25) is 0 Å².